The number of carboxylic acids is 1. The molecular weight excluding hydrogens is 314 g/mol. The molecule has 0 spiro atoms. The number of ether oxygens (including phenoxy) is 2. The summed E-state index contributed by atoms with van der Waals surface area (Å²) in [5, 5.41) is 9.96. The summed E-state index contributed by atoms with van der Waals surface area (Å²) < 4.78 is 16.0. The lowest BCUT2D eigenvalue weighted by atomic mass is 10.1. The van der Waals surface area contributed by atoms with Gasteiger partial charge < -0.3 is 23.9 Å². The van der Waals surface area contributed by atoms with Crippen LogP contribution in [-0.2, 0) is 20.7 Å². The summed E-state index contributed by atoms with van der Waals surface area (Å²) in [5.41, 5.74) is 1.42. The summed E-state index contributed by atoms with van der Waals surface area (Å²) in [5.74, 6) is -0.517. The van der Waals surface area contributed by atoms with E-state index in [9.17, 15) is 9.59 Å². The van der Waals surface area contributed by atoms with E-state index in [4.69, 9.17) is 19.0 Å². The zero-order valence-electron chi connectivity index (χ0n) is 13.5. The number of carbonyl (C=O) groups excluding carboxylic acids is 1. The summed E-state index contributed by atoms with van der Waals surface area (Å²) in [6, 6.07) is 5.42. The van der Waals surface area contributed by atoms with Crippen molar-refractivity contribution in [3.63, 3.8) is 0 Å². The molecule has 128 valence electrons. The van der Waals surface area contributed by atoms with Crippen LogP contribution >= 0.6 is 0 Å². The van der Waals surface area contributed by atoms with Gasteiger partial charge >= 0.3 is 5.97 Å². The zero-order valence-corrected chi connectivity index (χ0v) is 13.5. The standard InChI is InChI=1S/C17H19NO6/c1-10-7-18(8-15(24-10)17(20)21)16(19)5-11-9-23-14-6-12(22-2)3-4-13(11)14/h3-4,6,9-10,15H,5,7-8H2,1-2H3,(H,20,21)/t10-,15?/m1/s1. The first-order chi connectivity index (χ1) is 11.5. The van der Waals surface area contributed by atoms with Crippen LogP contribution in [0.2, 0.25) is 0 Å². The lowest BCUT2D eigenvalue weighted by Gasteiger charge is -2.35. The minimum Gasteiger partial charge on any atom is -0.497 e. The number of furan rings is 1. The van der Waals surface area contributed by atoms with Crippen molar-refractivity contribution in [2.75, 3.05) is 20.2 Å². The molecule has 2 aromatic rings. The van der Waals surface area contributed by atoms with Crippen LogP contribution in [0, 0.1) is 0 Å². The normalized spacial score (nSPS) is 21.0. The molecule has 1 saturated heterocycles. The van der Waals surface area contributed by atoms with Crippen LogP contribution in [0.4, 0.5) is 0 Å². The van der Waals surface area contributed by atoms with Crippen molar-refractivity contribution in [3.05, 3.63) is 30.0 Å². The van der Waals surface area contributed by atoms with Gasteiger partial charge in [0.1, 0.15) is 11.3 Å². The molecule has 1 aliphatic heterocycles. The number of morpholine rings is 1. The van der Waals surface area contributed by atoms with Crippen molar-refractivity contribution in [2.45, 2.75) is 25.6 Å². The van der Waals surface area contributed by atoms with Crippen LogP contribution in [0.3, 0.4) is 0 Å². The SMILES string of the molecule is COc1ccc2c(CC(=O)N3CC(C(=O)O)O[C@H](C)C3)coc2c1. The highest BCUT2D eigenvalue weighted by Gasteiger charge is 2.32. The second-order valence-corrected chi connectivity index (χ2v) is 5.87. The Labute approximate surface area is 138 Å². The summed E-state index contributed by atoms with van der Waals surface area (Å²) in [6.07, 6.45) is 0.413. The smallest absolute Gasteiger partial charge is 0.334 e. The van der Waals surface area contributed by atoms with Crippen molar-refractivity contribution in [2.24, 2.45) is 0 Å². The van der Waals surface area contributed by atoms with Crippen molar-refractivity contribution >= 4 is 22.8 Å². The molecule has 2 heterocycles. The second kappa shape index (κ2) is 6.52. The van der Waals surface area contributed by atoms with E-state index in [2.05, 4.69) is 0 Å². The van der Waals surface area contributed by atoms with Crippen molar-refractivity contribution in [3.8, 4) is 5.75 Å². The van der Waals surface area contributed by atoms with E-state index in [1.165, 1.54) is 4.90 Å². The van der Waals surface area contributed by atoms with Crippen LogP contribution < -0.4 is 4.74 Å². The molecule has 1 unspecified atom stereocenters. The molecule has 1 aromatic carbocycles. The number of aliphatic carboxylic acids is 1. The summed E-state index contributed by atoms with van der Waals surface area (Å²) in [4.78, 5) is 25.2. The Kier molecular flexibility index (Phi) is 4.44. The number of carbonyl (C=O) groups is 2. The Bertz CT molecular complexity index is 768. The van der Waals surface area contributed by atoms with Gasteiger partial charge in [-0.15, -0.1) is 0 Å². The first-order valence-electron chi connectivity index (χ1n) is 7.68. The van der Waals surface area contributed by atoms with E-state index in [1.807, 2.05) is 12.1 Å². The molecule has 1 amide bonds. The number of benzene rings is 1. The monoisotopic (exact) mass is 333 g/mol. The van der Waals surface area contributed by atoms with Crippen molar-refractivity contribution in [1.29, 1.82) is 0 Å². The van der Waals surface area contributed by atoms with Gasteiger partial charge in [0.25, 0.3) is 0 Å². The van der Waals surface area contributed by atoms with Crippen LogP contribution in [0.25, 0.3) is 11.0 Å². The van der Waals surface area contributed by atoms with Crippen molar-refractivity contribution < 1.29 is 28.6 Å². The average Bonchev–Trinajstić information content (AvgIpc) is 2.96. The number of nitrogens with zero attached hydrogens (tertiary/aromatic N) is 1. The number of rotatable bonds is 4. The fourth-order valence-corrected chi connectivity index (χ4v) is 2.89. The Morgan fingerprint density at radius 3 is 2.88 bits per heavy atom. The highest BCUT2D eigenvalue weighted by Crippen LogP contribution is 2.26. The third-order valence-electron chi connectivity index (χ3n) is 4.09. The first-order valence-corrected chi connectivity index (χ1v) is 7.68. The fraction of sp³-hybridized carbons (Fsp3) is 0.412. The predicted octanol–water partition coefficient (Wildman–Crippen LogP) is 1.68. The molecule has 0 aliphatic carbocycles. The molecule has 7 nitrogen and oxygen atoms in total. The van der Waals surface area contributed by atoms with E-state index in [0.29, 0.717) is 17.9 Å². The number of fused-ring (bicyclic) bond motifs is 1. The van der Waals surface area contributed by atoms with E-state index < -0.39 is 12.1 Å². The second-order valence-electron chi connectivity index (χ2n) is 5.87. The van der Waals surface area contributed by atoms with Crippen LogP contribution in [0.5, 0.6) is 5.75 Å². The number of hydrogen-bond donors (Lipinski definition) is 1. The van der Waals surface area contributed by atoms with Gasteiger partial charge in [-0.1, -0.05) is 0 Å². The lowest BCUT2D eigenvalue weighted by molar-refractivity contribution is -0.166. The topological polar surface area (TPSA) is 89.2 Å². The number of methoxy groups -OCH3 is 1. The average molecular weight is 333 g/mol. The Morgan fingerprint density at radius 1 is 1.38 bits per heavy atom. The molecule has 2 atom stereocenters. The highest BCUT2D eigenvalue weighted by molar-refractivity contribution is 5.88. The molecule has 1 aliphatic rings. The van der Waals surface area contributed by atoms with Gasteiger partial charge in [0.05, 0.1) is 32.4 Å². The third kappa shape index (κ3) is 3.21. The van der Waals surface area contributed by atoms with E-state index in [1.54, 1.807) is 26.4 Å². The van der Waals surface area contributed by atoms with Gasteiger partial charge in [0, 0.05) is 23.6 Å². The maximum atomic E-state index is 12.6. The van der Waals surface area contributed by atoms with Crippen LogP contribution in [0.1, 0.15) is 12.5 Å². The predicted molar refractivity (Wildman–Crippen MR) is 85.0 cm³/mol. The number of carboxylic acid groups (broad SMARTS) is 1. The maximum Gasteiger partial charge on any atom is 0.334 e. The molecule has 1 fully saturated rings. The van der Waals surface area contributed by atoms with Crippen LogP contribution in [0.15, 0.2) is 28.9 Å². The minimum absolute atomic E-state index is 0.0577. The fourth-order valence-electron chi connectivity index (χ4n) is 2.89. The molecule has 3 rings (SSSR count). The summed E-state index contributed by atoms with van der Waals surface area (Å²) in [6.45, 7) is 2.20. The number of hydrogen-bond acceptors (Lipinski definition) is 5. The Hall–Kier alpha value is -2.54. The molecule has 1 aromatic heterocycles. The van der Waals surface area contributed by atoms with E-state index in [0.717, 1.165) is 10.9 Å². The minimum atomic E-state index is -1.06. The van der Waals surface area contributed by atoms with E-state index >= 15 is 0 Å². The lowest BCUT2D eigenvalue weighted by Crippen LogP contribution is -2.52. The molecule has 0 radical (unpaired) electrons. The molecule has 0 saturated carbocycles. The third-order valence-corrected chi connectivity index (χ3v) is 4.09. The quantitative estimate of drug-likeness (QED) is 0.916. The Morgan fingerprint density at radius 2 is 2.17 bits per heavy atom. The summed E-state index contributed by atoms with van der Waals surface area (Å²) in [7, 11) is 1.58. The first kappa shape index (κ1) is 16.3. The van der Waals surface area contributed by atoms with E-state index in [-0.39, 0.29) is 25.0 Å². The molecule has 7 heteroatoms. The van der Waals surface area contributed by atoms with Crippen LogP contribution in [-0.4, -0.2) is 54.3 Å². The van der Waals surface area contributed by atoms with Gasteiger partial charge in [-0.25, -0.2) is 4.79 Å². The van der Waals surface area contributed by atoms with Gasteiger partial charge in [0.2, 0.25) is 5.91 Å². The molecule has 24 heavy (non-hydrogen) atoms. The zero-order chi connectivity index (χ0) is 17.3. The van der Waals surface area contributed by atoms with Gasteiger partial charge in [0.15, 0.2) is 6.10 Å². The maximum absolute atomic E-state index is 12.6. The highest BCUT2D eigenvalue weighted by atomic mass is 16.5. The molecule has 0 bridgehead atoms. The van der Waals surface area contributed by atoms with Gasteiger partial charge in [-0.05, 0) is 19.1 Å². The Balaban J connectivity index is 1.76. The van der Waals surface area contributed by atoms with Gasteiger partial charge in [-0.2, -0.15) is 0 Å². The number of amides is 1. The largest absolute Gasteiger partial charge is 0.497 e. The van der Waals surface area contributed by atoms with Crippen molar-refractivity contribution in [1.82, 2.24) is 4.90 Å². The van der Waals surface area contributed by atoms with Gasteiger partial charge in [-0.3, -0.25) is 4.79 Å². The molecule has 1 N–H and O–H groups in total. The summed E-state index contributed by atoms with van der Waals surface area (Å²) >= 11 is 0. The molecular formula is C17H19NO6.